The number of nitrogens with zero attached hydrogens (tertiary/aromatic N) is 1. The average Bonchev–Trinajstić information content (AvgIpc) is 3.20. The number of anilines is 1. The maximum Gasteiger partial charge on any atom is 0.247 e. The molecule has 0 spiro atoms. The number of amides is 2. The van der Waals surface area contributed by atoms with E-state index in [1.807, 2.05) is 42.5 Å². The first-order chi connectivity index (χ1) is 13.1. The lowest BCUT2D eigenvalue weighted by Crippen LogP contribution is -2.47. The molecule has 2 aromatic rings. The molecular weight excluding hydrogens is 338 g/mol. The second kappa shape index (κ2) is 9.00. The third-order valence-electron chi connectivity index (χ3n) is 4.64. The van der Waals surface area contributed by atoms with Crippen molar-refractivity contribution in [2.45, 2.75) is 38.6 Å². The van der Waals surface area contributed by atoms with Crippen LogP contribution in [0.1, 0.15) is 43.9 Å². The summed E-state index contributed by atoms with van der Waals surface area (Å²) >= 11 is 0. The zero-order chi connectivity index (χ0) is 19.1. The van der Waals surface area contributed by atoms with Crippen LogP contribution in [0.5, 0.6) is 0 Å². The van der Waals surface area contributed by atoms with Crippen molar-refractivity contribution < 1.29 is 9.59 Å². The number of hydrogen-bond acceptors (Lipinski definition) is 3. The SMILES string of the molecule is CC(=O)NC(C(=O)Nc1cccc(C#Cc2ccccn2)c1)C1CCCC1. The number of nitrogens with one attached hydrogen (secondary N) is 2. The summed E-state index contributed by atoms with van der Waals surface area (Å²) in [5.74, 6) is 5.90. The molecule has 5 nitrogen and oxygen atoms in total. The molecule has 1 fully saturated rings. The molecule has 1 unspecified atom stereocenters. The Balaban J connectivity index is 1.71. The number of benzene rings is 1. The number of aromatic nitrogens is 1. The molecule has 1 aromatic heterocycles. The highest BCUT2D eigenvalue weighted by atomic mass is 16.2. The van der Waals surface area contributed by atoms with Gasteiger partial charge in [0.15, 0.2) is 0 Å². The third kappa shape index (κ3) is 5.42. The van der Waals surface area contributed by atoms with Gasteiger partial charge in [-0.2, -0.15) is 0 Å². The van der Waals surface area contributed by atoms with Crippen molar-refractivity contribution in [3.63, 3.8) is 0 Å². The normalized spacial score (nSPS) is 14.7. The summed E-state index contributed by atoms with van der Waals surface area (Å²) in [7, 11) is 0. The van der Waals surface area contributed by atoms with Gasteiger partial charge in [0, 0.05) is 24.4 Å². The van der Waals surface area contributed by atoms with E-state index in [1.54, 1.807) is 6.20 Å². The van der Waals surface area contributed by atoms with Crippen LogP contribution < -0.4 is 10.6 Å². The Morgan fingerprint density at radius 2 is 1.93 bits per heavy atom. The Morgan fingerprint density at radius 3 is 2.63 bits per heavy atom. The molecule has 1 atom stereocenters. The minimum Gasteiger partial charge on any atom is -0.344 e. The van der Waals surface area contributed by atoms with Crippen molar-refractivity contribution in [3.05, 3.63) is 59.9 Å². The maximum absolute atomic E-state index is 12.8. The topological polar surface area (TPSA) is 71.1 Å². The first kappa shape index (κ1) is 18.7. The number of hydrogen-bond donors (Lipinski definition) is 2. The molecule has 27 heavy (non-hydrogen) atoms. The minimum atomic E-state index is -0.492. The Morgan fingerprint density at radius 1 is 1.11 bits per heavy atom. The van der Waals surface area contributed by atoms with Gasteiger partial charge in [-0.1, -0.05) is 30.9 Å². The van der Waals surface area contributed by atoms with Crippen molar-refractivity contribution in [3.8, 4) is 11.8 Å². The summed E-state index contributed by atoms with van der Waals surface area (Å²) in [5.41, 5.74) is 2.15. The van der Waals surface area contributed by atoms with E-state index in [0.29, 0.717) is 11.4 Å². The van der Waals surface area contributed by atoms with Crippen LogP contribution in [0.3, 0.4) is 0 Å². The Bertz CT molecular complexity index is 862. The number of carbonyl (C=O) groups excluding carboxylic acids is 2. The summed E-state index contributed by atoms with van der Waals surface area (Å²) in [6.45, 7) is 1.45. The highest BCUT2D eigenvalue weighted by Gasteiger charge is 2.31. The summed E-state index contributed by atoms with van der Waals surface area (Å²) in [5, 5.41) is 5.74. The molecule has 1 aromatic carbocycles. The van der Waals surface area contributed by atoms with E-state index in [-0.39, 0.29) is 17.7 Å². The van der Waals surface area contributed by atoms with Crippen LogP contribution in [0.15, 0.2) is 48.7 Å². The van der Waals surface area contributed by atoms with E-state index in [2.05, 4.69) is 27.5 Å². The van der Waals surface area contributed by atoms with Crippen molar-refractivity contribution in [1.29, 1.82) is 0 Å². The smallest absolute Gasteiger partial charge is 0.247 e. The first-order valence-corrected chi connectivity index (χ1v) is 9.23. The molecule has 0 bridgehead atoms. The van der Waals surface area contributed by atoms with Gasteiger partial charge in [0.2, 0.25) is 11.8 Å². The van der Waals surface area contributed by atoms with Crippen LogP contribution in [-0.4, -0.2) is 22.8 Å². The zero-order valence-electron chi connectivity index (χ0n) is 15.4. The van der Waals surface area contributed by atoms with Crippen LogP contribution in [0.2, 0.25) is 0 Å². The summed E-state index contributed by atoms with van der Waals surface area (Å²) in [6, 6.07) is 12.5. The van der Waals surface area contributed by atoms with Gasteiger partial charge in [-0.25, -0.2) is 4.98 Å². The quantitative estimate of drug-likeness (QED) is 0.822. The van der Waals surface area contributed by atoms with E-state index in [0.717, 1.165) is 31.2 Å². The second-order valence-corrected chi connectivity index (χ2v) is 6.76. The molecule has 1 aliphatic rings. The van der Waals surface area contributed by atoms with E-state index < -0.39 is 6.04 Å². The van der Waals surface area contributed by atoms with Crippen LogP contribution in [0, 0.1) is 17.8 Å². The fourth-order valence-electron chi connectivity index (χ4n) is 3.37. The fourth-order valence-corrected chi connectivity index (χ4v) is 3.37. The fraction of sp³-hybridized carbons (Fsp3) is 0.318. The Hall–Kier alpha value is -3.13. The second-order valence-electron chi connectivity index (χ2n) is 6.76. The summed E-state index contributed by atoms with van der Waals surface area (Å²) in [6.07, 6.45) is 5.84. The molecule has 2 N–H and O–H groups in total. The highest BCUT2D eigenvalue weighted by molar-refractivity contribution is 5.97. The molecule has 1 aliphatic carbocycles. The number of pyridine rings is 1. The van der Waals surface area contributed by atoms with Crippen molar-refractivity contribution in [2.75, 3.05) is 5.32 Å². The highest BCUT2D eigenvalue weighted by Crippen LogP contribution is 2.28. The largest absolute Gasteiger partial charge is 0.344 e. The summed E-state index contributed by atoms with van der Waals surface area (Å²) < 4.78 is 0. The molecule has 1 saturated carbocycles. The van der Waals surface area contributed by atoms with Gasteiger partial charge in [0.05, 0.1) is 0 Å². The van der Waals surface area contributed by atoms with Crippen molar-refractivity contribution >= 4 is 17.5 Å². The lowest BCUT2D eigenvalue weighted by Gasteiger charge is -2.23. The van der Waals surface area contributed by atoms with Gasteiger partial charge < -0.3 is 10.6 Å². The van der Waals surface area contributed by atoms with Gasteiger partial charge in [0.25, 0.3) is 0 Å². The van der Waals surface area contributed by atoms with E-state index in [1.165, 1.54) is 6.92 Å². The number of carbonyl (C=O) groups is 2. The molecular formula is C22H23N3O2. The first-order valence-electron chi connectivity index (χ1n) is 9.23. The maximum atomic E-state index is 12.8. The van der Waals surface area contributed by atoms with E-state index in [9.17, 15) is 9.59 Å². The van der Waals surface area contributed by atoms with Gasteiger partial charge in [-0.15, -0.1) is 0 Å². The Labute approximate surface area is 159 Å². The standard InChI is InChI=1S/C22H23N3O2/c1-16(26)24-21(18-8-2-3-9-18)22(27)25-20-11-6-7-17(15-20)12-13-19-10-4-5-14-23-19/h4-7,10-11,14-15,18,21H,2-3,8-9H2,1H3,(H,24,26)(H,25,27). The molecule has 0 radical (unpaired) electrons. The van der Waals surface area contributed by atoms with Gasteiger partial charge in [-0.3, -0.25) is 9.59 Å². The predicted molar refractivity (Wildman–Crippen MR) is 105 cm³/mol. The van der Waals surface area contributed by atoms with Crippen LogP contribution >= 0.6 is 0 Å². The molecule has 2 amide bonds. The molecule has 3 rings (SSSR count). The van der Waals surface area contributed by atoms with E-state index >= 15 is 0 Å². The zero-order valence-corrected chi connectivity index (χ0v) is 15.4. The molecule has 138 valence electrons. The van der Waals surface area contributed by atoms with E-state index in [4.69, 9.17) is 0 Å². The Kier molecular flexibility index (Phi) is 6.22. The molecule has 5 heteroatoms. The molecule has 0 aliphatic heterocycles. The lowest BCUT2D eigenvalue weighted by atomic mass is 9.97. The van der Waals surface area contributed by atoms with Crippen molar-refractivity contribution in [1.82, 2.24) is 10.3 Å². The number of rotatable bonds is 4. The summed E-state index contributed by atoms with van der Waals surface area (Å²) in [4.78, 5) is 28.5. The third-order valence-corrected chi connectivity index (χ3v) is 4.64. The monoisotopic (exact) mass is 361 g/mol. The van der Waals surface area contributed by atoms with Gasteiger partial charge >= 0.3 is 0 Å². The average molecular weight is 361 g/mol. The minimum absolute atomic E-state index is 0.174. The molecule has 0 saturated heterocycles. The van der Waals surface area contributed by atoms with Crippen LogP contribution in [-0.2, 0) is 9.59 Å². The lowest BCUT2D eigenvalue weighted by molar-refractivity contribution is -0.126. The van der Waals surface area contributed by atoms with Gasteiger partial charge in [0.1, 0.15) is 11.7 Å². The van der Waals surface area contributed by atoms with Crippen LogP contribution in [0.25, 0.3) is 0 Å². The van der Waals surface area contributed by atoms with Gasteiger partial charge in [-0.05, 0) is 55.0 Å². The van der Waals surface area contributed by atoms with Crippen LogP contribution in [0.4, 0.5) is 5.69 Å². The molecule has 1 heterocycles. The predicted octanol–water partition coefficient (Wildman–Crippen LogP) is 3.11. The van der Waals surface area contributed by atoms with Crippen molar-refractivity contribution in [2.24, 2.45) is 5.92 Å².